The minimum Gasteiger partial charge on any atom is -0.481 e. The van der Waals surface area contributed by atoms with Crippen molar-refractivity contribution in [1.29, 1.82) is 0 Å². The van der Waals surface area contributed by atoms with Gasteiger partial charge in [-0.3, -0.25) is 4.79 Å². The maximum atomic E-state index is 10.8. The SMILES string of the molecule is CC.CC1CC[C@H](CCCC(=O)O)CCC[C@H]2[C@H]1C[C@H](C)[C@@H]1CCCC[C@@]12C. The average molecular weight is 393 g/mol. The summed E-state index contributed by atoms with van der Waals surface area (Å²) >= 11 is 0. The van der Waals surface area contributed by atoms with Crippen molar-refractivity contribution in [2.75, 3.05) is 0 Å². The van der Waals surface area contributed by atoms with Gasteiger partial charge in [0.15, 0.2) is 0 Å². The van der Waals surface area contributed by atoms with Gasteiger partial charge in [-0.1, -0.05) is 73.1 Å². The molecule has 0 spiro atoms. The number of carboxylic acid groups (broad SMARTS) is 1. The van der Waals surface area contributed by atoms with E-state index >= 15 is 0 Å². The van der Waals surface area contributed by atoms with Crippen LogP contribution in [0.3, 0.4) is 0 Å². The zero-order valence-electron chi connectivity index (χ0n) is 19.5. The first-order valence-corrected chi connectivity index (χ1v) is 12.6. The Morgan fingerprint density at radius 1 is 0.929 bits per heavy atom. The van der Waals surface area contributed by atoms with Crippen molar-refractivity contribution in [3.8, 4) is 0 Å². The van der Waals surface area contributed by atoms with Crippen molar-refractivity contribution in [2.24, 2.45) is 40.9 Å². The van der Waals surface area contributed by atoms with Crippen LogP contribution in [0.5, 0.6) is 0 Å². The molecule has 0 heterocycles. The van der Waals surface area contributed by atoms with E-state index in [1.165, 1.54) is 64.2 Å². The van der Waals surface area contributed by atoms with E-state index in [2.05, 4.69) is 20.8 Å². The second-order valence-corrected chi connectivity index (χ2v) is 10.5. The molecule has 3 saturated carbocycles. The van der Waals surface area contributed by atoms with Crippen LogP contribution in [0.2, 0.25) is 0 Å². The minimum atomic E-state index is -0.627. The summed E-state index contributed by atoms with van der Waals surface area (Å²) in [4.78, 5) is 10.8. The molecular weight excluding hydrogens is 344 g/mol. The summed E-state index contributed by atoms with van der Waals surface area (Å²) in [5.74, 6) is 4.75. The van der Waals surface area contributed by atoms with Gasteiger partial charge in [0, 0.05) is 6.42 Å². The minimum absolute atomic E-state index is 0.356. The Balaban J connectivity index is 0.00000136. The molecule has 0 saturated heterocycles. The van der Waals surface area contributed by atoms with E-state index in [1.54, 1.807) is 0 Å². The van der Waals surface area contributed by atoms with E-state index in [4.69, 9.17) is 5.11 Å². The molecule has 3 aliphatic rings. The normalized spacial score (nSPS) is 41.2. The first kappa shape index (κ1) is 23.7. The number of hydrogen-bond donors (Lipinski definition) is 1. The standard InChI is InChI=1S/C24H42O2.C2H6/c1-17-13-14-19(9-7-12-23(25)26)8-6-11-22-20(17)16-18(2)21-10-4-5-15-24(21,22)3;1-2/h17-22H,4-16H2,1-3H3,(H,25,26);1-2H3/t17?,18-,19-,20-,21-,22-,24-;/m0./s1. The molecule has 0 radical (unpaired) electrons. The number of fused-ring (bicyclic) bond motifs is 3. The summed E-state index contributed by atoms with van der Waals surface area (Å²) in [6.07, 6.45) is 16.5. The molecule has 28 heavy (non-hydrogen) atoms. The first-order valence-electron chi connectivity index (χ1n) is 12.6. The average Bonchev–Trinajstić information content (AvgIpc) is 2.74. The molecule has 0 amide bonds. The quantitative estimate of drug-likeness (QED) is 0.527. The predicted molar refractivity (Wildman–Crippen MR) is 119 cm³/mol. The molecule has 1 N–H and O–H groups in total. The number of carbonyl (C=O) groups is 1. The Morgan fingerprint density at radius 2 is 1.64 bits per heavy atom. The summed E-state index contributed by atoms with van der Waals surface area (Å²) in [6, 6.07) is 0. The summed E-state index contributed by atoms with van der Waals surface area (Å²) < 4.78 is 0. The van der Waals surface area contributed by atoms with Crippen molar-refractivity contribution in [2.45, 2.75) is 118 Å². The van der Waals surface area contributed by atoms with Crippen LogP contribution < -0.4 is 0 Å². The van der Waals surface area contributed by atoms with Crippen LogP contribution in [-0.2, 0) is 4.79 Å². The first-order chi connectivity index (χ1) is 13.4. The van der Waals surface area contributed by atoms with Gasteiger partial charge in [0.2, 0.25) is 0 Å². The van der Waals surface area contributed by atoms with Gasteiger partial charge in [-0.2, -0.15) is 0 Å². The highest BCUT2D eigenvalue weighted by molar-refractivity contribution is 5.66. The van der Waals surface area contributed by atoms with E-state index in [9.17, 15) is 4.79 Å². The second-order valence-electron chi connectivity index (χ2n) is 10.5. The predicted octanol–water partition coefficient (Wildman–Crippen LogP) is 7.95. The summed E-state index contributed by atoms with van der Waals surface area (Å²) in [5.41, 5.74) is 0.595. The van der Waals surface area contributed by atoms with Crippen LogP contribution in [0.4, 0.5) is 0 Å². The topological polar surface area (TPSA) is 37.3 Å². The van der Waals surface area contributed by atoms with Crippen molar-refractivity contribution in [3.05, 3.63) is 0 Å². The lowest BCUT2D eigenvalue weighted by Crippen LogP contribution is -2.50. The maximum Gasteiger partial charge on any atom is 0.303 e. The zero-order valence-corrected chi connectivity index (χ0v) is 19.5. The maximum absolute atomic E-state index is 10.8. The second kappa shape index (κ2) is 11.0. The lowest BCUT2D eigenvalue weighted by atomic mass is 9.47. The molecule has 2 nitrogen and oxygen atoms in total. The molecular formula is C26H48O2. The lowest BCUT2D eigenvalue weighted by molar-refractivity contribution is -0.137. The molecule has 0 aromatic carbocycles. The van der Waals surface area contributed by atoms with Gasteiger partial charge in [0.1, 0.15) is 0 Å². The van der Waals surface area contributed by atoms with Gasteiger partial charge in [-0.15, -0.1) is 0 Å². The third-order valence-electron chi connectivity index (χ3n) is 8.91. The Morgan fingerprint density at radius 3 is 2.36 bits per heavy atom. The molecule has 0 aliphatic heterocycles. The van der Waals surface area contributed by atoms with E-state index in [1.807, 2.05) is 13.8 Å². The lowest BCUT2D eigenvalue weighted by Gasteiger charge is -2.58. The third-order valence-corrected chi connectivity index (χ3v) is 8.91. The fourth-order valence-electron chi connectivity index (χ4n) is 7.51. The smallest absolute Gasteiger partial charge is 0.303 e. The van der Waals surface area contributed by atoms with Crippen LogP contribution in [0.15, 0.2) is 0 Å². The highest BCUT2D eigenvalue weighted by Crippen LogP contribution is 2.60. The number of rotatable bonds is 4. The van der Waals surface area contributed by atoms with E-state index < -0.39 is 5.97 Å². The summed E-state index contributed by atoms with van der Waals surface area (Å²) in [6.45, 7) is 11.8. The highest BCUT2D eigenvalue weighted by atomic mass is 16.4. The number of aliphatic carboxylic acids is 1. The molecule has 3 rings (SSSR count). The van der Waals surface area contributed by atoms with Gasteiger partial charge < -0.3 is 5.11 Å². The zero-order chi connectivity index (χ0) is 20.7. The highest BCUT2D eigenvalue weighted by Gasteiger charge is 2.52. The van der Waals surface area contributed by atoms with Crippen molar-refractivity contribution in [3.63, 3.8) is 0 Å². The molecule has 7 atom stereocenters. The Bertz CT molecular complexity index is 473. The molecule has 1 unspecified atom stereocenters. The van der Waals surface area contributed by atoms with E-state index in [0.717, 1.165) is 48.3 Å². The van der Waals surface area contributed by atoms with Gasteiger partial charge in [-0.25, -0.2) is 0 Å². The largest absolute Gasteiger partial charge is 0.481 e. The van der Waals surface area contributed by atoms with Crippen molar-refractivity contribution < 1.29 is 9.90 Å². The molecule has 0 aromatic rings. The van der Waals surface area contributed by atoms with Gasteiger partial charge >= 0.3 is 5.97 Å². The van der Waals surface area contributed by atoms with Gasteiger partial charge in [0.05, 0.1) is 0 Å². The van der Waals surface area contributed by atoms with Gasteiger partial charge in [-0.05, 0) is 79.4 Å². The third kappa shape index (κ3) is 5.54. The Hall–Kier alpha value is -0.530. The summed E-state index contributed by atoms with van der Waals surface area (Å²) in [7, 11) is 0. The Labute approximate surface area is 175 Å². The fourth-order valence-corrected chi connectivity index (χ4v) is 7.51. The molecule has 2 heteroatoms. The van der Waals surface area contributed by atoms with Gasteiger partial charge in [0.25, 0.3) is 0 Å². The monoisotopic (exact) mass is 392 g/mol. The van der Waals surface area contributed by atoms with Crippen molar-refractivity contribution in [1.82, 2.24) is 0 Å². The van der Waals surface area contributed by atoms with Crippen LogP contribution in [-0.4, -0.2) is 11.1 Å². The van der Waals surface area contributed by atoms with Crippen molar-refractivity contribution >= 4 is 5.97 Å². The molecule has 0 bridgehead atoms. The molecule has 164 valence electrons. The van der Waals surface area contributed by atoms with Crippen LogP contribution in [0.25, 0.3) is 0 Å². The Kier molecular flexibility index (Phi) is 9.35. The van der Waals surface area contributed by atoms with E-state index in [-0.39, 0.29) is 0 Å². The fraction of sp³-hybridized carbons (Fsp3) is 0.962. The van der Waals surface area contributed by atoms with Crippen LogP contribution in [0.1, 0.15) is 118 Å². The van der Waals surface area contributed by atoms with Crippen LogP contribution >= 0.6 is 0 Å². The number of carboxylic acids is 1. The number of hydrogen-bond acceptors (Lipinski definition) is 1. The van der Waals surface area contributed by atoms with Crippen LogP contribution in [0, 0.1) is 40.9 Å². The summed E-state index contributed by atoms with van der Waals surface area (Å²) in [5, 5.41) is 8.93. The van der Waals surface area contributed by atoms with E-state index in [0.29, 0.717) is 11.8 Å². The molecule has 3 aliphatic carbocycles. The molecule has 3 fully saturated rings. The molecule has 0 aromatic heterocycles.